The van der Waals surface area contributed by atoms with Crippen LogP contribution in [0.4, 0.5) is 0 Å². The minimum absolute atomic E-state index is 0.162. The minimum Gasteiger partial charge on any atom is -0.469 e. The van der Waals surface area contributed by atoms with Crippen molar-refractivity contribution in [2.24, 2.45) is 0 Å². The third kappa shape index (κ3) is 2.72. The molecule has 0 unspecified atom stereocenters. The Bertz CT molecular complexity index is 366. The number of rotatable bonds is 2. The van der Waals surface area contributed by atoms with Gasteiger partial charge in [0, 0.05) is 8.95 Å². The Kier molecular flexibility index (Phi) is 4.41. The molecule has 0 aliphatic rings. The van der Waals surface area contributed by atoms with Crippen LogP contribution in [0.3, 0.4) is 0 Å². The van der Waals surface area contributed by atoms with Gasteiger partial charge in [0.05, 0.1) is 18.6 Å². The molecule has 0 aliphatic carbocycles. The van der Waals surface area contributed by atoms with Crippen molar-refractivity contribution in [2.45, 2.75) is 6.42 Å². The van der Waals surface area contributed by atoms with Crippen molar-refractivity contribution in [3.63, 3.8) is 0 Å². The Balaban J connectivity index is 3.06. The van der Waals surface area contributed by atoms with Gasteiger partial charge in [-0.05, 0) is 33.6 Å². The number of methoxy groups -OCH3 is 1. The number of carbonyl (C=O) groups excluding carboxylic acids is 1. The summed E-state index contributed by atoms with van der Waals surface area (Å²) in [4.78, 5) is 11.1. The molecule has 0 N–H and O–H groups in total. The number of halogens is 3. The van der Waals surface area contributed by atoms with Gasteiger partial charge >= 0.3 is 5.97 Å². The number of hydrogen-bond acceptors (Lipinski definition) is 2. The van der Waals surface area contributed by atoms with E-state index in [1.54, 1.807) is 0 Å². The van der Waals surface area contributed by atoms with Gasteiger partial charge in [-0.25, -0.2) is 0 Å². The van der Waals surface area contributed by atoms with Crippen LogP contribution in [-0.2, 0) is 16.0 Å². The normalized spacial score (nSPS) is 10.0. The molecule has 0 atom stereocenters. The average Bonchev–Trinajstić information content (AvgIpc) is 2.18. The standard InChI is InChI=1S/C9H7Br2ClO2/c1-14-8(13)4-5-6(10)2-3-7(11)9(5)12/h2-3H,4H2,1H3. The molecule has 76 valence electrons. The number of ether oxygens (including phenoxy) is 1. The van der Waals surface area contributed by atoms with Gasteiger partial charge in [0.25, 0.3) is 0 Å². The Morgan fingerprint density at radius 1 is 1.43 bits per heavy atom. The Morgan fingerprint density at radius 3 is 2.57 bits per heavy atom. The molecule has 0 bridgehead atoms. The van der Waals surface area contributed by atoms with E-state index in [0.717, 1.165) is 14.5 Å². The van der Waals surface area contributed by atoms with Gasteiger partial charge in [-0.3, -0.25) is 4.79 Å². The van der Waals surface area contributed by atoms with Crippen molar-refractivity contribution in [3.8, 4) is 0 Å². The Labute approximate surface area is 104 Å². The zero-order valence-corrected chi connectivity index (χ0v) is 11.2. The van der Waals surface area contributed by atoms with Crippen LogP contribution in [0.2, 0.25) is 5.02 Å². The average molecular weight is 342 g/mol. The fraction of sp³-hybridized carbons (Fsp3) is 0.222. The molecule has 5 heteroatoms. The first-order valence-corrected chi connectivity index (χ1v) is 5.72. The first-order valence-electron chi connectivity index (χ1n) is 3.75. The van der Waals surface area contributed by atoms with Crippen LogP contribution in [0.15, 0.2) is 21.1 Å². The van der Waals surface area contributed by atoms with Crippen LogP contribution in [-0.4, -0.2) is 13.1 Å². The van der Waals surface area contributed by atoms with E-state index in [4.69, 9.17) is 11.6 Å². The number of esters is 1. The first kappa shape index (κ1) is 12.0. The molecule has 2 nitrogen and oxygen atoms in total. The lowest BCUT2D eigenvalue weighted by Crippen LogP contribution is -2.05. The van der Waals surface area contributed by atoms with E-state index in [-0.39, 0.29) is 12.4 Å². The number of hydrogen-bond donors (Lipinski definition) is 0. The predicted octanol–water partition coefficient (Wildman–Crippen LogP) is 3.58. The van der Waals surface area contributed by atoms with Crippen LogP contribution in [0.5, 0.6) is 0 Å². The second kappa shape index (κ2) is 5.14. The van der Waals surface area contributed by atoms with E-state index in [9.17, 15) is 4.79 Å². The molecule has 0 aliphatic heterocycles. The summed E-state index contributed by atoms with van der Waals surface area (Å²) >= 11 is 12.6. The summed E-state index contributed by atoms with van der Waals surface area (Å²) < 4.78 is 6.14. The van der Waals surface area contributed by atoms with Crippen molar-refractivity contribution in [1.29, 1.82) is 0 Å². The second-order valence-corrected chi connectivity index (χ2v) is 4.66. The maximum atomic E-state index is 11.1. The molecule has 0 amide bonds. The highest BCUT2D eigenvalue weighted by molar-refractivity contribution is 9.11. The predicted molar refractivity (Wildman–Crippen MR) is 62.6 cm³/mol. The van der Waals surface area contributed by atoms with Crippen LogP contribution < -0.4 is 0 Å². The first-order chi connectivity index (χ1) is 6.56. The van der Waals surface area contributed by atoms with Crippen molar-refractivity contribution in [1.82, 2.24) is 0 Å². The summed E-state index contributed by atoms with van der Waals surface area (Å²) in [7, 11) is 1.35. The summed E-state index contributed by atoms with van der Waals surface area (Å²) in [5.41, 5.74) is 0.730. The lowest BCUT2D eigenvalue weighted by atomic mass is 10.1. The van der Waals surface area contributed by atoms with Gasteiger partial charge in [0.1, 0.15) is 0 Å². The summed E-state index contributed by atoms with van der Waals surface area (Å²) in [5, 5.41) is 0.532. The van der Waals surface area contributed by atoms with Crippen molar-refractivity contribution < 1.29 is 9.53 Å². The molecule has 0 spiro atoms. The highest BCUT2D eigenvalue weighted by Crippen LogP contribution is 2.32. The van der Waals surface area contributed by atoms with Gasteiger partial charge in [0.15, 0.2) is 0 Å². The molecule has 0 saturated carbocycles. The van der Waals surface area contributed by atoms with Gasteiger partial charge in [-0.2, -0.15) is 0 Å². The molecule has 0 heterocycles. The molecular weight excluding hydrogens is 335 g/mol. The maximum absolute atomic E-state index is 11.1. The fourth-order valence-electron chi connectivity index (χ4n) is 0.948. The SMILES string of the molecule is COC(=O)Cc1c(Br)ccc(Br)c1Cl. The summed E-state index contributed by atoms with van der Waals surface area (Å²) in [5.74, 6) is -0.314. The van der Waals surface area contributed by atoms with E-state index >= 15 is 0 Å². The Morgan fingerprint density at radius 2 is 2.00 bits per heavy atom. The lowest BCUT2D eigenvalue weighted by molar-refractivity contribution is -0.139. The van der Waals surface area contributed by atoms with Crippen molar-refractivity contribution in [2.75, 3.05) is 7.11 Å². The third-order valence-electron chi connectivity index (χ3n) is 1.69. The van der Waals surface area contributed by atoms with Gasteiger partial charge in [-0.1, -0.05) is 27.5 Å². The van der Waals surface area contributed by atoms with Crippen molar-refractivity contribution in [3.05, 3.63) is 31.7 Å². The Hall–Kier alpha value is -0.0600. The van der Waals surface area contributed by atoms with E-state index in [1.165, 1.54) is 7.11 Å². The van der Waals surface area contributed by atoms with E-state index < -0.39 is 0 Å². The highest BCUT2D eigenvalue weighted by Gasteiger charge is 2.12. The zero-order valence-electron chi connectivity index (χ0n) is 7.31. The topological polar surface area (TPSA) is 26.3 Å². The molecule has 1 aromatic rings. The molecule has 1 rings (SSSR count). The smallest absolute Gasteiger partial charge is 0.310 e. The maximum Gasteiger partial charge on any atom is 0.310 e. The molecular formula is C9H7Br2ClO2. The summed E-state index contributed by atoms with van der Waals surface area (Å²) in [6, 6.07) is 3.64. The molecule has 1 aromatic carbocycles. The van der Waals surface area contributed by atoms with Gasteiger partial charge in [-0.15, -0.1) is 0 Å². The lowest BCUT2D eigenvalue weighted by Gasteiger charge is -2.07. The van der Waals surface area contributed by atoms with Crippen LogP contribution in [0.25, 0.3) is 0 Å². The van der Waals surface area contributed by atoms with E-state index in [1.807, 2.05) is 12.1 Å². The van der Waals surface area contributed by atoms with Crippen LogP contribution in [0, 0.1) is 0 Å². The minimum atomic E-state index is -0.314. The van der Waals surface area contributed by atoms with Gasteiger partial charge in [0.2, 0.25) is 0 Å². The largest absolute Gasteiger partial charge is 0.469 e. The second-order valence-electron chi connectivity index (χ2n) is 2.57. The summed E-state index contributed by atoms with van der Waals surface area (Å²) in [6.07, 6.45) is 0.162. The molecule has 0 saturated heterocycles. The molecule has 0 fully saturated rings. The summed E-state index contributed by atoms with van der Waals surface area (Å²) in [6.45, 7) is 0. The number of carbonyl (C=O) groups is 1. The fourth-order valence-corrected chi connectivity index (χ4v) is 2.14. The van der Waals surface area contributed by atoms with Crippen LogP contribution >= 0.6 is 43.5 Å². The quantitative estimate of drug-likeness (QED) is 0.607. The third-order valence-corrected chi connectivity index (χ3v) is 3.75. The molecule has 0 radical (unpaired) electrons. The highest BCUT2D eigenvalue weighted by atomic mass is 79.9. The van der Waals surface area contributed by atoms with Crippen LogP contribution in [0.1, 0.15) is 5.56 Å². The van der Waals surface area contributed by atoms with Crippen molar-refractivity contribution >= 4 is 49.4 Å². The van der Waals surface area contributed by atoms with Gasteiger partial charge < -0.3 is 4.74 Å². The monoisotopic (exact) mass is 340 g/mol. The molecule has 0 aromatic heterocycles. The molecule has 14 heavy (non-hydrogen) atoms. The van der Waals surface area contributed by atoms with E-state index in [0.29, 0.717) is 5.02 Å². The zero-order chi connectivity index (χ0) is 10.7. The number of benzene rings is 1. The van der Waals surface area contributed by atoms with E-state index in [2.05, 4.69) is 36.6 Å².